The van der Waals surface area contributed by atoms with Crippen LogP contribution in [0.25, 0.3) is 0 Å². The van der Waals surface area contributed by atoms with Crippen LogP contribution in [0.2, 0.25) is 0 Å². The molecule has 27 heavy (non-hydrogen) atoms. The molecule has 0 radical (unpaired) electrons. The Balaban J connectivity index is 1.63. The maximum absolute atomic E-state index is 12.7. The Hall–Kier alpha value is -3.17. The van der Waals surface area contributed by atoms with E-state index in [-0.39, 0.29) is 18.2 Å². The second-order valence-electron chi connectivity index (χ2n) is 6.07. The van der Waals surface area contributed by atoms with Crippen LogP contribution in [-0.4, -0.2) is 30.5 Å². The number of carbonyl (C=O) groups excluding carboxylic acids is 1. The lowest BCUT2D eigenvalue weighted by Gasteiger charge is -2.05. The zero-order valence-corrected chi connectivity index (χ0v) is 14.7. The van der Waals surface area contributed by atoms with Gasteiger partial charge >= 0.3 is 6.18 Å². The number of amides is 1. The predicted octanol–water partition coefficient (Wildman–Crippen LogP) is 2.80. The Morgan fingerprint density at radius 2 is 1.93 bits per heavy atom. The van der Waals surface area contributed by atoms with Gasteiger partial charge in [-0.15, -0.1) is 5.10 Å². The van der Waals surface area contributed by atoms with Gasteiger partial charge in [0.1, 0.15) is 12.9 Å². The lowest BCUT2D eigenvalue weighted by Crippen LogP contribution is -2.21. The summed E-state index contributed by atoms with van der Waals surface area (Å²) in [6.45, 7) is 3.55. The van der Waals surface area contributed by atoms with Crippen LogP contribution in [0.15, 0.2) is 36.7 Å². The molecule has 0 saturated heterocycles. The van der Waals surface area contributed by atoms with E-state index in [1.807, 2.05) is 31.2 Å². The number of hydrogen-bond acceptors (Lipinski definition) is 4. The van der Waals surface area contributed by atoms with Crippen molar-refractivity contribution < 1.29 is 18.0 Å². The van der Waals surface area contributed by atoms with Crippen LogP contribution >= 0.6 is 0 Å². The zero-order valence-electron chi connectivity index (χ0n) is 14.7. The molecule has 0 atom stereocenters. The summed E-state index contributed by atoms with van der Waals surface area (Å²) in [7, 11) is 0. The first-order chi connectivity index (χ1) is 12.7. The molecule has 0 aliphatic heterocycles. The van der Waals surface area contributed by atoms with E-state index in [1.54, 1.807) is 4.68 Å². The third-order valence-corrected chi connectivity index (χ3v) is 3.95. The molecule has 0 fully saturated rings. The second kappa shape index (κ2) is 7.22. The van der Waals surface area contributed by atoms with Crippen LogP contribution in [0, 0.1) is 13.8 Å². The molecule has 10 heteroatoms. The number of aromatic nitrogens is 5. The largest absolute Gasteiger partial charge is 0.435 e. The molecule has 142 valence electrons. The minimum Gasteiger partial charge on any atom is -0.292 e. The lowest BCUT2D eigenvalue weighted by atomic mass is 10.1. The fraction of sp³-hybridized carbons (Fsp3) is 0.294. The van der Waals surface area contributed by atoms with Crippen molar-refractivity contribution in [3.05, 3.63) is 59.2 Å². The van der Waals surface area contributed by atoms with Crippen LogP contribution in [-0.2, 0) is 24.1 Å². The zero-order chi connectivity index (χ0) is 19.6. The standard InChI is InChI=1S/C17H17F3N6O/c1-11-5-3-4-6-13(11)8-25-10-21-16(24-25)22-15(27)9-26-12(2)7-14(23-26)17(18,19)20/h3-7,10H,8-9H2,1-2H3,(H,22,24,27). The summed E-state index contributed by atoms with van der Waals surface area (Å²) in [5.41, 5.74) is 1.37. The van der Waals surface area contributed by atoms with Crippen LogP contribution in [0.5, 0.6) is 0 Å². The first-order valence-electron chi connectivity index (χ1n) is 8.08. The van der Waals surface area contributed by atoms with Crippen LogP contribution < -0.4 is 5.32 Å². The lowest BCUT2D eigenvalue weighted by molar-refractivity contribution is -0.141. The van der Waals surface area contributed by atoms with E-state index in [9.17, 15) is 18.0 Å². The first kappa shape index (κ1) is 18.6. The highest BCUT2D eigenvalue weighted by molar-refractivity contribution is 5.88. The Morgan fingerprint density at radius 3 is 2.59 bits per heavy atom. The van der Waals surface area contributed by atoms with Gasteiger partial charge in [-0.25, -0.2) is 9.67 Å². The van der Waals surface area contributed by atoms with E-state index >= 15 is 0 Å². The Kier molecular flexibility index (Phi) is 4.98. The molecule has 1 aromatic carbocycles. The number of nitrogens with zero attached hydrogens (tertiary/aromatic N) is 5. The molecule has 3 aromatic rings. The van der Waals surface area contributed by atoms with Crippen molar-refractivity contribution in [3.8, 4) is 0 Å². The maximum Gasteiger partial charge on any atom is 0.435 e. The van der Waals surface area contributed by atoms with E-state index in [2.05, 4.69) is 20.5 Å². The Morgan fingerprint density at radius 1 is 1.19 bits per heavy atom. The van der Waals surface area contributed by atoms with Gasteiger partial charge in [0.05, 0.1) is 6.54 Å². The van der Waals surface area contributed by atoms with Gasteiger partial charge in [0, 0.05) is 5.69 Å². The quantitative estimate of drug-likeness (QED) is 0.741. The summed E-state index contributed by atoms with van der Waals surface area (Å²) < 4.78 is 40.6. The maximum atomic E-state index is 12.7. The molecule has 0 bridgehead atoms. The van der Waals surface area contributed by atoms with Crippen molar-refractivity contribution in [2.45, 2.75) is 33.1 Å². The van der Waals surface area contributed by atoms with Gasteiger partial charge < -0.3 is 0 Å². The SMILES string of the molecule is Cc1ccccc1Cn1cnc(NC(=O)Cn2nc(C(F)(F)F)cc2C)n1. The molecule has 7 nitrogen and oxygen atoms in total. The number of carbonyl (C=O) groups is 1. The fourth-order valence-electron chi connectivity index (χ4n) is 2.50. The number of anilines is 1. The summed E-state index contributed by atoms with van der Waals surface area (Å²) in [6.07, 6.45) is -3.08. The van der Waals surface area contributed by atoms with Gasteiger partial charge in [-0.2, -0.15) is 18.3 Å². The molecular weight excluding hydrogens is 361 g/mol. The predicted molar refractivity (Wildman–Crippen MR) is 90.9 cm³/mol. The highest BCUT2D eigenvalue weighted by Crippen LogP contribution is 2.28. The molecule has 3 rings (SSSR count). The van der Waals surface area contributed by atoms with Gasteiger partial charge in [-0.3, -0.25) is 14.8 Å². The van der Waals surface area contributed by atoms with Crippen molar-refractivity contribution in [2.24, 2.45) is 0 Å². The van der Waals surface area contributed by atoms with Gasteiger partial charge in [0.2, 0.25) is 11.9 Å². The molecule has 2 aromatic heterocycles. The molecule has 0 unspecified atom stereocenters. The van der Waals surface area contributed by atoms with Gasteiger partial charge in [0.15, 0.2) is 5.69 Å². The third-order valence-electron chi connectivity index (χ3n) is 3.95. The second-order valence-corrected chi connectivity index (χ2v) is 6.07. The number of benzene rings is 1. The molecule has 0 saturated carbocycles. The number of aryl methyl sites for hydroxylation is 2. The number of hydrogen-bond donors (Lipinski definition) is 1. The molecular formula is C17H17F3N6O. The normalized spacial score (nSPS) is 11.6. The van der Waals surface area contributed by atoms with Gasteiger partial charge in [-0.05, 0) is 31.0 Å². The molecule has 1 amide bonds. The highest BCUT2D eigenvalue weighted by atomic mass is 19.4. The summed E-state index contributed by atoms with van der Waals surface area (Å²) >= 11 is 0. The number of nitrogens with one attached hydrogen (secondary N) is 1. The van der Waals surface area contributed by atoms with Crippen LogP contribution in [0.1, 0.15) is 22.5 Å². The summed E-state index contributed by atoms with van der Waals surface area (Å²) in [4.78, 5) is 16.1. The molecule has 0 aliphatic rings. The third kappa shape index (κ3) is 4.52. The van der Waals surface area contributed by atoms with Crippen molar-refractivity contribution in [1.82, 2.24) is 24.5 Å². The average Bonchev–Trinajstić information content (AvgIpc) is 3.16. The summed E-state index contributed by atoms with van der Waals surface area (Å²) in [5, 5.41) is 10.0. The highest BCUT2D eigenvalue weighted by Gasteiger charge is 2.34. The number of halogens is 3. The van der Waals surface area contributed by atoms with Gasteiger partial charge in [-0.1, -0.05) is 24.3 Å². The topological polar surface area (TPSA) is 77.6 Å². The summed E-state index contributed by atoms with van der Waals surface area (Å²) in [6, 6.07) is 8.70. The van der Waals surface area contributed by atoms with E-state index in [1.165, 1.54) is 13.3 Å². The average molecular weight is 378 g/mol. The van der Waals surface area contributed by atoms with E-state index in [0.717, 1.165) is 21.9 Å². The Labute approximate surface area is 152 Å². The molecule has 1 N–H and O–H groups in total. The van der Waals surface area contributed by atoms with Crippen molar-refractivity contribution >= 4 is 11.9 Å². The van der Waals surface area contributed by atoms with Crippen molar-refractivity contribution in [3.63, 3.8) is 0 Å². The van der Waals surface area contributed by atoms with Crippen molar-refractivity contribution in [2.75, 3.05) is 5.32 Å². The number of alkyl halides is 3. The summed E-state index contributed by atoms with van der Waals surface area (Å²) in [5.74, 6) is -0.488. The first-order valence-corrected chi connectivity index (χ1v) is 8.08. The molecule has 2 heterocycles. The molecule has 0 spiro atoms. The van der Waals surface area contributed by atoms with E-state index in [0.29, 0.717) is 6.54 Å². The van der Waals surface area contributed by atoms with Crippen molar-refractivity contribution in [1.29, 1.82) is 0 Å². The van der Waals surface area contributed by atoms with Crippen LogP contribution in [0.3, 0.4) is 0 Å². The van der Waals surface area contributed by atoms with E-state index < -0.39 is 17.8 Å². The van der Waals surface area contributed by atoms with Crippen LogP contribution in [0.4, 0.5) is 19.1 Å². The minimum atomic E-state index is -4.55. The smallest absolute Gasteiger partial charge is 0.292 e. The van der Waals surface area contributed by atoms with E-state index in [4.69, 9.17) is 0 Å². The fourth-order valence-corrected chi connectivity index (χ4v) is 2.50. The minimum absolute atomic E-state index is 0.0782. The van der Waals surface area contributed by atoms with Gasteiger partial charge in [0.25, 0.3) is 0 Å². The number of rotatable bonds is 5. The molecule has 0 aliphatic carbocycles. The monoisotopic (exact) mass is 378 g/mol. The Bertz CT molecular complexity index is 960.